The van der Waals surface area contributed by atoms with E-state index in [0.29, 0.717) is 24.4 Å². The van der Waals surface area contributed by atoms with Crippen molar-refractivity contribution in [2.45, 2.75) is 72.3 Å². The lowest BCUT2D eigenvalue weighted by molar-refractivity contribution is -0.155. The average molecular weight is 359 g/mol. The number of carbonyl (C=O) groups excluding carboxylic acids is 3. The Morgan fingerprint density at radius 3 is 2.32 bits per heavy atom. The number of hydrogen-bond acceptors (Lipinski definition) is 5. The fraction of sp³-hybridized carbons (Fsp3) is 0.824. The van der Waals surface area contributed by atoms with Gasteiger partial charge >= 0.3 is 6.09 Å². The van der Waals surface area contributed by atoms with E-state index in [1.54, 1.807) is 20.8 Å². The Bertz CT molecular complexity index is 423. The summed E-state index contributed by atoms with van der Waals surface area (Å²) >= 11 is 0. The molecule has 0 spiro atoms. The third kappa shape index (κ3) is 10.6. The van der Waals surface area contributed by atoms with E-state index in [2.05, 4.69) is 5.43 Å². The summed E-state index contributed by atoms with van der Waals surface area (Å²) in [5.74, 6) is -1.03. The maximum atomic E-state index is 12.5. The van der Waals surface area contributed by atoms with Gasteiger partial charge in [-0.25, -0.2) is 14.9 Å². The van der Waals surface area contributed by atoms with Crippen LogP contribution in [0.15, 0.2) is 0 Å². The number of hydrazine groups is 1. The highest BCUT2D eigenvalue weighted by Crippen LogP contribution is 2.13. The average Bonchev–Trinajstić information content (AvgIpc) is 2.51. The topological polar surface area (TPSA) is 99.2 Å². The Morgan fingerprint density at radius 2 is 1.84 bits per heavy atom. The van der Waals surface area contributed by atoms with Gasteiger partial charge in [0.05, 0.1) is 12.5 Å². The van der Waals surface area contributed by atoms with Crippen LogP contribution in [-0.4, -0.2) is 52.4 Å². The summed E-state index contributed by atoms with van der Waals surface area (Å²) in [6.45, 7) is 9.36. The van der Waals surface area contributed by atoms with Crippen LogP contribution < -0.4 is 5.43 Å². The summed E-state index contributed by atoms with van der Waals surface area (Å²) in [5.41, 5.74) is 1.89. The summed E-state index contributed by atoms with van der Waals surface area (Å²) in [4.78, 5) is 35.4. The Balaban J connectivity index is 4.96. The first kappa shape index (κ1) is 23.2. The number of hydroxylamine groups is 2. The second-order valence-electron chi connectivity index (χ2n) is 7.03. The largest absolute Gasteiger partial charge is 0.442 e. The van der Waals surface area contributed by atoms with Crippen LogP contribution in [0.5, 0.6) is 0 Å². The number of unbranched alkanes of at least 4 members (excludes halogenated alkanes) is 2. The zero-order valence-corrected chi connectivity index (χ0v) is 16.1. The molecular formula is C17H33N3O5. The second kappa shape index (κ2) is 11.7. The zero-order chi connectivity index (χ0) is 19.5. The normalized spacial score (nSPS) is 12.2. The maximum Gasteiger partial charge on any atom is 0.429 e. The van der Waals surface area contributed by atoms with E-state index < -0.39 is 23.5 Å². The van der Waals surface area contributed by atoms with Crippen molar-refractivity contribution in [3.63, 3.8) is 0 Å². The van der Waals surface area contributed by atoms with Crippen LogP contribution in [0.3, 0.4) is 0 Å². The SMILES string of the molecule is CCCCCC(CN(O)C=O)C(=O)NN(CCC)C(=O)OC(C)(C)C. The molecular weight excluding hydrogens is 326 g/mol. The molecule has 0 saturated carbocycles. The van der Waals surface area contributed by atoms with Gasteiger partial charge in [-0.2, -0.15) is 0 Å². The van der Waals surface area contributed by atoms with Gasteiger partial charge < -0.3 is 4.74 Å². The molecule has 0 aromatic heterocycles. The quantitative estimate of drug-likeness (QED) is 0.270. The van der Waals surface area contributed by atoms with Gasteiger partial charge in [0.25, 0.3) is 0 Å². The number of ether oxygens (including phenoxy) is 1. The zero-order valence-electron chi connectivity index (χ0n) is 16.1. The predicted molar refractivity (Wildman–Crippen MR) is 93.6 cm³/mol. The Morgan fingerprint density at radius 1 is 1.20 bits per heavy atom. The van der Waals surface area contributed by atoms with Crippen molar-refractivity contribution in [2.24, 2.45) is 5.92 Å². The van der Waals surface area contributed by atoms with Crippen molar-refractivity contribution in [1.29, 1.82) is 0 Å². The molecule has 0 heterocycles. The van der Waals surface area contributed by atoms with Gasteiger partial charge in [-0.1, -0.05) is 33.1 Å². The summed E-state index contributed by atoms with van der Waals surface area (Å²) in [6, 6.07) is 0. The lowest BCUT2D eigenvalue weighted by Gasteiger charge is -2.29. The van der Waals surface area contributed by atoms with Gasteiger partial charge in [0.2, 0.25) is 12.3 Å². The molecule has 1 unspecified atom stereocenters. The summed E-state index contributed by atoms with van der Waals surface area (Å²) in [5, 5.41) is 11.0. The highest BCUT2D eigenvalue weighted by Gasteiger charge is 2.27. The van der Waals surface area contributed by atoms with Gasteiger partial charge in [-0.05, 0) is 33.6 Å². The molecule has 0 aromatic rings. The van der Waals surface area contributed by atoms with Crippen molar-refractivity contribution in [2.75, 3.05) is 13.1 Å². The highest BCUT2D eigenvalue weighted by molar-refractivity contribution is 5.81. The predicted octanol–water partition coefficient (Wildman–Crippen LogP) is 2.71. The lowest BCUT2D eigenvalue weighted by atomic mass is 10.0. The molecule has 1 atom stereocenters. The van der Waals surface area contributed by atoms with Crippen LogP contribution in [-0.2, 0) is 14.3 Å². The molecule has 2 N–H and O–H groups in total. The highest BCUT2D eigenvalue weighted by atomic mass is 16.6. The monoisotopic (exact) mass is 359 g/mol. The van der Waals surface area contributed by atoms with E-state index >= 15 is 0 Å². The van der Waals surface area contributed by atoms with Crippen molar-refractivity contribution in [1.82, 2.24) is 15.5 Å². The van der Waals surface area contributed by atoms with Crippen molar-refractivity contribution in [3.05, 3.63) is 0 Å². The minimum atomic E-state index is -0.673. The van der Waals surface area contributed by atoms with Gasteiger partial charge in [-0.3, -0.25) is 20.2 Å². The molecule has 0 aromatic carbocycles. The lowest BCUT2D eigenvalue weighted by Crippen LogP contribution is -2.51. The number of rotatable bonds is 10. The summed E-state index contributed by atoms with van der Waals surface area (Å²) in [7, 11) is 0. The molecule has 0 aliphatic rings. The molecule has 0 saturated heterocycles. The molecule has 146 valence electrons. The van der Waals surface area contributed by atoms with Crippen molar-refractivity contribution in [3.8, 4) is 0 Å². The Hall–Kier alpha value is -1.83. The van der Waals surface area contributed by atoms with Gasteiger partial charge in [-0.15, -0.1) is 0 Å². The molecule has 8 nitrogen and oxygen atoms in total. The van der Waals surface area contributed by atoms with E-state index in [1.165, 1.54) is 0 Å². The minimum Gasteiger partial charge on any atom is -0.442 e. The second-order valence-corrected chi connectivity index (χ2v) is 7.03. The molecule has 0 aliphatic carbocycles. The third-order valence-electron chi connectivity index (χ3n) is 3.36. The summed E-state index contributed by atoms with van der Waals surface area (Å²) < 4.78 is 5.29. The number of hydrogen-bond donors (Lipinski definition) is 2. The minimum absolute atomic E-state index is 0.118. The van der Waals surface area contributed by atoms with E-state index in [9.17, 15) is 19.6 Å². The number of nitrogens with one attached hydrogen (secondary N) is 1. The van der Waals surface area contributed by atoms with Crippen LogP contribution >= 0.6 is 0 Å². The van der Waals surface area contributed by atoms with Gasteiger partial charge in [0, 0.05) is 6.54 Å². The molecule has 3 amide bonds. The van der Waals surface area contributed by atoms with Crippen LogP contribution in [0.4, 0.5) is 4.79 Å². The fourth-order valence-corrected chi connectivity index (χ4v) is 2.17. The molecule has 25 heavy (non-hydrogen) atoms. The van der Waals surface area contributed by atoms with Crippen LogP contribution in [0.1, 0.15) is 66.7 Å². The number of nitrogens with zero attached hydrogens (tertiary/aromatic N) is 2. The third-order valence-corrected chi connectivity index (χ3v) is 3.36. The first-order valence-electron chi connectivity index (χ1n) is 8.86. The van der Waals surface area contributed by atoms with Gasteiger partial charge in [0.1, 0.15) is 5.60 Å². The van der Waals surface area contributed by atoms with E-state index in [-0.39, 0.29) is 13.0 Å². The molecule has 0 fully saturated rings. The summed E-state index contributed by atoms with van der Waals surface area (Å²) in [6.07, 6.45) is 3.51. The van der Waals surface area contributed by atoms with E-state index in [1.807, 2.05) is 13.8 Å². The van der Waals surface area contributed by atoms with Crippen molar-refractivity contribution >= 4 is 18.4 Å². The number of carbonyl (C=O) groups is 3. The fourth-order valence-electron chi connectivity index (χ4n) is 2.17. The first-order valence-corrected chi connectivity index (χ1v) is 8.86. The maximum absolute atomic E-state index is 12.5. The van der Waals surface area contributed by atoms with E-state index in [4.69, 9.17) is 4.74 Å². The van der Waals surface area contributed by atoms with Crippen LogP contribution in [0.25, 0.3) is 0 Å². The van der Waals surface area contributed by atoms with Crippen molar-refractivity contribution < 1.29 is 24.3 Å². The number of amides is 3. The van der Waals surface area contributed by atoms with Crippen LogP contribution in [0, 0.1) is 5.92 Å². The van der Waals surface area contributed by atoms with E-state index in [0.717, 1.165) is 24.3 Å². The molecule has 8 heteroatoms. The standard InChI is InChI=1S/C17H33N3O5/c1-6-8-9-10-14(12-19(24)13-21)15(22)18-20(11-7-2)16(23)25-17(3,4)5/h13-14,24H,6-12H2,1-5H3,(H,18,22). The molecule has 0 bridgehead atoms. The van der Waals surface area contributed by atoms with Crippen LogP contribution in [0.2, 0.25) is 0 Å². The smallest absolute Gasteiger partial charge is 0.429 e. The Labute approximate surface area is 150 Å². The molecule has 0 rings (SSSR count). The molecule has 0 aliphatic heterocycles. The molecule has 0 radical (unpaired) electrons. The van der Waals surface area contributed by atoms with Gasteiger partial charge in [0.15, 0.2) is 0 Å². The Kier molecular flexibility index (Phi) is 10.8. The first-order chi connectivity index (χ1) is 11.6.